The van der Waals surface area contributed by atoms with Crippen LogP contribution in [0, 0.1) is 11.8 Å². The largest absolute Gasteiger partial charge is 0.338 e. The highest BCUT2D eigenvalue weighted by atomic mass is 35.5. The van der Waals surface area contributed by atoms with Gasteiger partial charge in [0.05, 0.1) is 5.38 Å². The lowest BCUT2D eigenvalue weighted by Gasteiger charge is -2.42. The van der Waals surface area contributed by atoms with Crippen LogP contribution in [0.25, 0.3) is 0 Å². The molecule has 0 radical (unpaired) electrons. The summed E-state index contributed by atoms with van der Waals surface area (Å²) in [6.07, 6.45) is 4.27. The molecule has 15 heavy (non-hydrogen) atoms. The number of nitrogens with zero attached hydrogens (tertiary/aromatic N) is 1. The highest BCUT2D eigenvalue weighted by Gasteiger charge is 2.38. The highest BCUT2D eigenvalue weighted by molar-refractivity contribution is 6.21. The van der Waals surface area contributed by atoms with Gasteiger partial charge in [-0.2, -0.15) is 0 Å². The number of amides is 1. The molecule has 2 nitrogen and oxygen atoms in total. The van der Waals surface area contributed by atoms with Gasteiger partial charge in [-0.3, -0.25) is 4.79 Å². The summed E-state index contributed by atoms with van der Waals surface area (Å²) in [4.78, 5) is 14.2. The summed E-state index contributed by atoms with van der Waals surface area (Å²) < 4.78 is 0. The summed E-state index contributed by atoms with van der Waals surface area (Å²) in [6.45, 7) is 5.21. The second-order valence-corrected chi connectivity index (χ2v) is 5.76. The molecule has 2 atom stereocenters. The molecule has 1 saturated carbocycles. The Bertz CT molecular complexity index is 250. The van der Waals surface area contributed by atoms with Gasteiger partial charge in [0, 0.05) is 18.5 Å². The van der Waals surface area contributed by atoms with Gasteiger partial charge >= 0.3 is 0 Å². The van der Waals surface area contributed by atoms with Gasteiger partial charge in [0.2, 0.25) is 5.91 Å². The lowest BCUT2D eigenvalue weighted by Crippen LogP contribution is -2.51. The average molecular weight is 230 g/mol. The summed E-state index contributed by atoms with van der Waals surface area (Å²) in [5, 5.41) is 0.153. The topological polar surface area (TPSA) is 20.3 Å². The molecule has 1 aliphatic carbocycles. The third-order valence-corrected chi connectivity index (χ3v) is 4.48. The molecule has 2 aliphatic rings. The molecule has 0 aromatic heterocycles. The maximum Gasteiger partial charge on any atom is 0.225 e. The third kappa shape index (κ3) is 2.15. The summed E-state index contributed by atoms with van der Waals surface area (Å²) in [5.74, 6) is 1.39. The molecule has 0 aromatic rings. The summed E-state index contributed by atoms with van der Waals surface area (Å²) in [6, 6.07) is 0.226. The highest BCUT2D eigenvalue weighted by Crippen LogP contribution is 2.36. The maximum absolute atomic E-state index is 12.1. The van der Waals surface area contributed by atoms with E-state index in [9.17, 15) is 4.79 Å². The van der Waals surface area contributed by atoms with E-state index in [2.05, 4.69) is 13.8 Å². The summed E-state index contributed by atoms with van der Waals surface area (Å²) in [5.41, 5.74) is 0. The van der Waals surface area contributed by atoms with Crippen molar-refractivity contribution in [2.45, 2.75) is 50.9 Å². The Morgan fingerprint density at radius 3 is 2.60 bits per heavy atom. The van der Waals surface area contributed by atoms with Crippen LogP contribution in [0.5, 0.6) is 0 Å². The van der Waals surface area contributed by atoms with Crippen LogP contribution in [0.2, 0.25) is 0 Å². The molecule has 0 bridgehead atoms. The van der Waals surface area contributed by atoms with Gasteiger partial charge in [-0.1, -0.05) is 6.92 Å². The number of rotatable bonds is 1. The van der Waals surface area contributed by atoms with Crippen LogP contribution in [0.1, 0.15) is 39.5 Å². The van der Waals surface area contributed by atoms with E-state index in [0.29, 0.717) is 11.8 Å². The van der Waals surface area contributed by atoms with Crippen molar-refractivity contribution < 1.29 is 4.79 Å². The molecular weight excluding hydrogens is 210 g/mol. The molecule has 2 rings (SSSR count). The SMILES string of the molecule is CC1CC(C(=O)N2CCCC(Cl)C2C)C1. The fourth-order valence-electron chi connectivity index (χ4n) is 2.75. The van der Waals surface area contributed by atoms with Gasteiger partial charge in [-0.15, -0.1) is 11.6 Å². The van der Waals surface area contributed by atoms with Crippen LogP contribution in [0.4, 0.5) is 0 Å². The van der Waals surface area contributed by atoms with E-state index in [4.69, 9.17) is 11.6 Å². The van der Waals surface area contributed by atoms with Gasteiger partial charge in [-0.05, 0) is 38.5 Å². The molecule has 0 N–H and O–H groups in total. The minimum absolute atomic E-state index is 0.153. The quantitative estimate of drug-likeness (QED) is 0.633. The first-order valence-corrected chi connectivity index (χ1v) is 6.47. The van der Waals surface area contributed by atoms with Crippen LogP contribution in [-0.2, 0) is 4.79 Å². The van der Waals surface area contributed by atoms with E-state index in [-0.39, 0.29) is 11.4 Å². The van der Waals surface area contributed by atoms with Crippen LogP contribution in [0.15, 0.2) is 0 Å². The number of likely N-dealkylation sites (tertiary alicyclic amines) is 1. The zero-order chi connectivity index (χ0) is 11.0. The first-order valence-electron chi connectivity index (χ1n) is 6.04. The molecule has 1 heterocycles. The van der Waals surface area contributed by atoms with E-state index >= 15 is 0 Å². The van der Waals surface area contributed by atoms with E-state index in [1.165, 1.54) is 0 Å². The van der Waals surface area contributed by atoms with Gasteiger partial charge in [0.25, 0.3) is 0 Å². The Balaban J connectivity index is 1.94. The first kappa shape index (κ1) is 11.3. The Morgan fingerprint density at radius 1 is 1.33 bits per heavy atom. The van der Waals surface area contributed by atoms with Gasteiger partial charge < -0.3 is 4.90 Å². The minimum atomic E-state index is 0.153. The van der Waals surface area contributed by atoms with Gasteiger partial charge in [0.1, 0.15) is 0 Å². The fourth-order valence-corrected chi connectivity index (χ4v) is 3.04. The predicted molar refractivity (Wildman–Crippen MR) is 61.9 cm³/mol. The molecule has 86 valence electrons. The van der Waals surface area contributed by atoms with Gasteiger partial charge in [-0.25, -0.2) is 0 Å². The molecule has 0 spiro atoms. The van der Waals surface area contributed by atoms with Crippen molar-refractivity contribution in [3.05, 3.63) is 0 Å². The van der Waals surface area contributed by atoms with Crippen LogP contribution < -0.4 is 0 Å². The lowest BCUT2D eigenvalue weighted by atomic mass is 9.75. The van der Waals surface area contributed by atoms with Crippen molar-refractivity contribution in [2.24, 2.45) is 11.8 Å². The van der Waals surface area contributed by atoms with Crippen molar-refractivity contribution >= 4 is 17.5 Å². The monoisotopic (exact) mass is 229 g/mol. The maximum atomic E-state index is 12.1. The average Bonchev–Trinajstić information content (AvgIpc) is 2.16. The van der Waals surface area contributed by atoms with Crippen LogP contribution in [0.3, 0.4) is 0 Å². The number of hydrogen-bond donors (Lipinski definition) is 0. The van der Waals surface area contributed by atoms with Crippen LogP contribution in [-0.4, -0.2) is 28.8 Å². The molecule has 1 aliphatic heterocycles. The number of carbonyl (C=O) groups excluding carboxylic acids is 1. The molecule has 2 unspecified atom stereocenters. The minimum Gasteiger partial charge on any atom is -0.338 e. The van der Waals surface area contributed by atoms with E-state index in [1.54, 1.807) is 0 Å². The zero-order valence-electron chi connectivity index (χ0n) is 9.58. The van der Waals surface area contributed by atoms with Crippen molar-refractivity contribution in [1.82, 2.24) is 4.90 Å². The lowest BCUT2D eigenvalue weighted by molar-refractivity contribution is -0.142. The number of piperidine rings is 1. The zero-order valence-corrected chi connectivity index (χ0v) is 10.3. The third-order valence-electron chi connectivity index (χ3n) is 3.90. The Hall–Kier alpha value is -0.240. The molecule has 1 saturated heterocycles. The Kier molecular flexibility index (Phi) is 3.24. The van der Waals surface area contributed by atoms with E-state index < -0.39 is 0 Å². The molecule has 3 heteroatoms. The standard InChI is InChI=1S/C12H20ClNO/c1-8-6-10(7-8)12(15)14-5-3-4-11(13)9(14)2/h8-11H,3-7H2,1-2H3. The molecule has 2 fully saturated rings. The normalized spacial score (nSPS) is 41.1. The predicted octanol–water partition coefficient (Wildman–Crippen LogP) is 2.65. The summed E-state index contributed by atoms with van der Waals surface area (Å²) >= 11 is 6.21. The number of halogens is 1. The van der Waals surface area contributed by atoms with Crippen LogP contribution >= 0.6 is 11.6 Å². The van der Waals surface area contributed by atoms with E-state index in [1.807, 2.05) is 4.90 Å². The molecular formula is C12H20ClNO. The fraction of sp³-hybridized carbons (Fsp3) is 0.917. The Labute approximate surface area is 97.0 Å². The first-order chi connectivity index (χ1) is 7.09. The van der Waals surface area contributed by atoms with Crippen molar-refractivity contribution in [3.63, 3.8) is 0 Å². The number of hydrogen-bond acceptors (Lipinski definition) is 1. The van der Waals surface area contributed by atoms with Gasteiger partial charge in [0.15, 0.2) is 0 Å². The number of carbonyl (C=O) groups is 1. The summed E-state index contributed by atoms with van der Waals surface area (Å²) in [7, 11) is 0. The van der Waals surface area contributed by atoms with Crippen molar-refractivity contribution in [3.8, 4) is 0 Å². The second kappa shape index (κ2) is 4.32. The van der Waals surface area contributed by atoms with Crippen molar-refractivity contribution in [2.75, 3.05) is 6.54 Å². The second-order valence-electron chi connectivity index (χ2n) is 5.20. The van der Waals surface area contributed by atoms with E-state index in [0.717, 1.165) is 38.1 Å². The Morgan fingerprint density at radius 2 is 2.00 bits per heavy atom. The molecule has 0 aromatic carbocycles. The smallest absolute Gasteiger partial charge is 0.225 e. The number of alkyl halides is 1. The molecule has 1 amide bonds. The van der Waals surface area contributed by atoms with Crippen molar-refractivity contribution in [1.29, 1.82) is 0 Å².